The van der Waals surface area contributed by atoms with Gasteiger partial charge in [-0.15, -0.1) is 0 Å². The molecule has 0 saturated carbocycles. The molecule has 0 spiro atoms. The molecule has 7 heteroatoms. The lowest BCUT2D eigenvalue weighted by Gasteiger charge is -1.88. The van der Waals surface area contributed by atoms with E-state index in [9.17, 15) is 9.59 Å². The number of H-pyrrole nitrogens is 1. The molecule has 0 amide bonds. The van der Waals surface area contributed by atoms with Crippen molar-refractivity contribution in [1.82, 2.24) is 9.97 Å². The number of hydrogen-bond acceptors (Lipinski definition) is 4. The zero-order valence-corrected chi connectivity index (χ0v) is 7.09. The van der Waals surface area contributed by atoms with Gasteiger partial charge in [-0.2, -0.15) is 0 Å². The number of aromatic carboxylic acids is 2. The van der Waals surface area contributed by atoms with Crippen LogP contribution in [0.25, 0.3) is 0 Å². The molecule has 0 fully saturated rings. The molecule has 13 heavy (non-hydrogen) atoms. The fourth-order valence-corrected chi connectivity index (χ4v) is 1.06. The zero-order chi connectivity index (χ0) is 10.0. The number of aromatic amines is 1. The van der Waals surface area contributed by atoms with Crippen molar-refractivity contribution in [2.45, 2.75) is 5.16 Å². The first kappa shape index (κ1) is 9.59. The number of aromatic nitrogens is 2. The van der Waals surface area contributed by atoms with Crippen LogP contribution in [0.4, 0.5) is 0 Å². The number of nitrogens with one attached hydrogen (secondary N) is 1. The molecule has 0 aliphatic heterocycles. The summed E-state index contributed by atoms with van der Waals surface area (Å²) in [6.07, 6.45) is 3.37. The largest absolute Gasteiger partial charge is 0.477 e. The minimum atomic E-state index is -1.38. The summed E-state index contributed by atoms with van der Waals surface area (Å²) in [5.74, 6) is -2.74. The van der Waals surface area contributed by atoms with Crippen LogP contribution in [0.15, 0.2) is 5.16 Å². The van der Waals surface area contributed by atoms with Crippen molar-refractivity contribution in [3.05, 3.63) is 17.6 Å². The van der Waals surface area contributed by atoms with Crippen LogP contribution in [0.3, 0.4) is 0 Å². The van der Waals surface area contributed by atoms with E-state index in [0.29, 0.717) is 0 Å². The van der Waals surface area contributed by atoms with E-state index in [1.54, 1.807) is 0 Å². The van der Waals surface area contributed by atoms with E-state index in [0.717, 1.165) is 11.8 Å². The van der Waals surface area contributed by atoms with Crippen molar-refractivity contribution >= 4 is 23.7 Å². The van der Waals surface area contributed by atoms with Crippen LogP contribution >= 0.6 is 11.8 Å². The Morgan fingerprint density at radius 3 is 2.31 bits per heavy atom. The predicted molar refractivity (Wildman–Crippen MR) is 43.7 cm³/mol. The maximum absolute atomic E-state index is 10.5. The summed E-state index contributed by atoms with van der Waals surface area (Å²) in [7, 11) is 0. The third-order valence-corrected chi connectivity index (χ3v) is 1.70. The smallest absolute Gasteiger partial charge is 0.357 e. The third-order valence-electron chi connectivity index (χ3n) is 1.24. The topological polar surface area (TPSA) is 103 Å². The molecule has 0 saturated heterocycles. The van der Waals surface area contributed by atoms with Gasteiger partial charge in [0, 0.05) is 6.26 Å². The first-order valence-corrected chi connectivity index (χ1v) is 4.03. The number of carboxylic acids is 2. The summed E-state index contributed by atoms with van der Waals surface area (Å²) < 4.78 is 0. The Balaban J connectivity index is 3.23. The molecule has 1 aromatic rings. The first-order valence-electron chi connectivity index (χ1n) is 3.05. The van der Waals surface area contributed by atoms with Gasteiger partial charge >= 0.3 is 11.9 Å². The third kappa shape index (κ3) is 1.81. The molecule has 0 aliphatic rings. The van der Waals surface area contributed by atoms with Gasteiger partial charge in [0.1, 0.15) is 0 Å². The molecule has 6 nitrogen and oxygen atoms in total. The van der Waals surface area contributed by atoms with Gasteiger partial charge in [-0.05, 0) is 0 Å². The molecule has 1 radical (unpaired) electrons. The van der Waals surface area contributed by atoms with E-state index >= 15 is 0 Å². The molecule has 1 heterocycles. The van der Waals surface area contributed by atoms with Crippen LogP contribution in [0.2, 0.25) is 0 Å². The standard InChI is InChI=1S/C6H5N2O4S/c1-13-6-7-2(4(9)10)3(8-6)5(11)12/h1H2,(H,7,8)(H,9,10)(H,11,12). The Bertz CT molecular complexity index is 328. The van der Waals surface area contributed by atoms with Crippen molar-refractivity contribution in [1.29, 1.82) is 0 Å². The number of carbonyl (C=O) groups is 2. The van der Waals surface area contributed by atoms with Crippen LogP contribution in [-0.4, -0.2) is 32.1 Å². The SMILES string of the molecule is [CH2]Sc1nc(C(=O)O)c(C(=O)O)[nH]1. The second-order valence-corrected chi connectivity index (χ2v) is 2.70. The van der Waals surface area contributed by atoms with Crippen molar-refractivity contribution in [2.75, 3.05) is 0 Å². The minimum Gasteiger partial charge on any atom is -0.477 e. The molecule has 0 unspecified atom stereocenters. The molecule has 0 aliphatic carbocycles. The monoisotopic (exact) mass is 201 g/mol. The number of nitrogens with zero attached hydrogens (tertiary/aromatic N) is 1. The van der Waals surface area contributed by atoms with Crippen LogP contribution in [0.5, 0.6) is 0 Å². The fourth-order valence-electron chi connectivity index (χ4n) is 0.729. The number of rotatable bonds is 3. The van der Waals surface area contributed by atoms with Gasteiger partial charge in [0.25, 0.3) is 0 Å². The summed E-state index contributed by atoms with van der Waals surface area (Å²) in [5, 5.41) is 17.3. The maximum Gasteiger partial charge on any atom is 0.357 e. The van der Waals surface area contributed by atoms with Gasteiger partial charge in [0.05, 0.1) is 0 Å². The fraction of sp³-hybridized carbons (Fsp3) is 0. The van der Waals surface area contributed by atoms with Crippen molar-refractivity contribution < 1.29 is 19.8 Å². The molecular weight excluding hydrogens is 196 g/mol. The second kappa shape index (κ2) is 3.48. The van der Waals surface area contributed by atoms with Gasteiger partial charge in [-0.25, -0.2) is 14.6 Å². The average molecular weight is 201 g/mol. The molecule has 3 N–H and O–H groups in total. The van der Waals surface area contributed by atoms with Crippen LogP contribution in [0.1, 0.15) is 21.0 Å². The van der Waals surface area contributed by atoms with E-state index in [1.807, 2.05) is 0 Å². The second-order valence-electron chi connectivity index (χ2n) is 2.02. The summed E-state index contributed by atoms with van der Waals surface area (Å²) in [4.78, 5) is 26.8. The number of imidazole rings is 1. The average Bonchev–Trinajstić information content (AvgIpc) is 2.47. The normalized spacial score (nSPS) is 9.92. The molecular formula is C6H5N2O4S. The van der Waals surface area contributed by atoms with Crippen LogP contribution < -0.4 is 0 Å². The van der Waals surface area contributed by atoms with Gasteiger partial charge < -0.3 is 15.2 Å². The van der Waals surface area contributed by atoms with Gasteiger partial charge in [-0.1, -0.05) is 11.8 Å². The highest BCUT2D eigenvalue weighted by Crippen LogP contribution is 2.15. The highest BCUT2D eigenvalue weighted by atomic mass is 32.2. The van der Waals surface area contributed by atoms with Gasteiger partial charge in [0.2, 0.25) is 0 Å². The Kier molecular flexibility index (Phi) is 2.57. The predicted octanol–water partition coefficient (Wildman–Crippen LogP) is 0.690. The molecule has 1 aromatic heterocycles. The Labute approximate surface area is 77.0 Å². The molecule has 1 rings (SSSR count). The van der Waals surface area contributed by atoms with Crippen LogP contribution in [0, 0.1) is 6.26 Å². The molecule has 0 bridgehead atoms. The van der Waals surface area contributed by atoms with Crippen molar-refractivity contribution in [2.24, 2.45) is 0 Å². The summed E-state index contributed by atoms with van der Waals surface area (Å²) in [6, 6.07) is 0. The summed E-state index contributed by atoms with van der Waals surface area (Å²) in [5.41, 5.74) is -0.933. The van der Waals surface area contributed by atoms with Gasteiger partial charge in [0.15, 0.2) is 16.5 Å². The van der Waals surface area contributed by atoms with E-state index in [-0.39, 0.29) is 5.16 Å². The number of hydrogen-bond donors (Lipinski definition) is 3. The molecule has 0 atom stereocenters. The number of thioether (sulfide) groups is 1. The first-order chi connectivity index (χ1) is 6.06. The lowest BCUT2D eigenvalue weighted by molar-refractivity contribution is 0.0644. The van der Waals surface area contributed by atoms with Crippen molar-refractivity contribution in [3.63, 3.8) is 0 Å². The van der Waals surface area contributed by atoms with E-state index in [4.69, 9.17) is 10.2 Å². The Morgan fingerprint density at radius 2 is 2.00 bits per heavy atom. The lowest BCUT2D eigenvalue weighted by atomic mass is 10.3. The Hall–Kier alpha value is -1.50. The molecule has 69 valence electrons. The lowest BCUT2D eigenvalue weighted by Crippen LogP contribution is -2.07. The highest BCUT2D eigenvalue weighted by Gasteiger charge is 2.21. The minimum absolute atomic E-state index is 0.162. The summed E-state index contributed by atoms with van der Waals surface area (Å²) >= 11 is 0.895. The van der Waals surface area contributed by atoms with E-state index in [2.05, 4.69) is 16.2 Å². The van der Waals surface area contributed by atoms with E-state index < -0.39 is 23.3 Å². The quantitative estimate of drug-likeness (QED) is 0.621. The van der Waals surface area contributed by atoms with Crippen LogP contribution in [-0.2, 0) is 0 Å². The zero-order valence-electron chi connectivity index (χ0n) is 6.27. The highest BCUT2D eigenvalue weighted by molar-refractivity contribution is 8.00. The number of carboxylic acid groups (broad SMARTS) is 2. The van der Waals surface area contributed by atoms with Crippen molar-refractivity contribution in [3.8, 4) is 0 Å². The maximum atomic E-state index is 10.5. The van der Waals surface area contributed by atoms with Gasteiger partial charge in [-0.3, -0.25) is 0 Å². The molecule has 0 aromatic carbocycles. The Morgan fingerprint density at radius 1 is 1.38 bits per heavy atom. The summed E-state index contributed by atoms with van der Waals surface area (Å²) in [6.45, 7) is 0. The van der Waals surface area contributed by atoms with E-state index in [1.165, 1.54) is 0 Å².